The molecule has 2 heterocycles. The van der Waals surface area contributed by atoms with Crippen molar-refractivity contribution in [1.82, 2.24) is 14.5 Å². The van der Waals surface area contributed by atoms with Gasteiger partial charge in [0.25, 0.3) is 5.56 Å². The normalized spacial score (nSPS) is 13.4. The van der Waals surface area contributed by atoms with Crippen molar-refractivity contribution in [2.45, 2.75) is 73.4 Å². The van der Waals surface area contributed by atoms with Gasteiger partial charge >= 0.3 is 0 Å². The molecule has 0 saturated heterocycles. The summed E-state index contributed by atoms with van der Waals surface area (Å²) in [6, 6.07) is 18.5. The lowest BCUT2D eigenvalue weighted by atomic mass is 9.84. The van der Waals surface area contributed by atoms with Crippen molar-refractivity contribution in [3.63, 3.8) is 0 Å². The van der Waals surface area contributed by atoms with Crippen molar-refractivity contribution in [3.05, 3.63) is 94.4 Å². The van der Waals surface area contributed by atoms with Crippen molar-refractivity contribution < 1.29 is 9.21 Å². The smallest absolute Gasteiger partial charge is 0.266 e. The van der Waals surface area contributed by atoms with E-state index in [1.165, 1.54) is 0 Å². The van der Waals surface area contributed by atoms with Crippen LogP contribution in [0, 0.1) is 18.3 Å². The first-order chi connectivity index (χ1) is 18.1. The maximum Gasteiger partial charge on any atom is 0.266 e. The van der Waals surface area contributed by atoms with E-state index < -0.39 is 6.04 Å². The summed E-state index contributed by atoms with van der Waals surface area (Å²) in [5.74, 6) is 1.50. The van der Waals surface area contributed by atoms with Crippen LogP contribution in [0.1, 0.15) is 77.1 Å². The molecule has 0 bridgehead atoms. The topological polar surface area (TPSA) is 68.3 Å². The molecule has 6 nitrogen and oxygen atoms in total. The molecule has 1 amide bonds. The van der Waals surface area contributed by atoms with Gasteiger partial charge < -0.3 is 9.32 Å². The van der Waals surface area contributed by atoms with Crippen LogP contribution < -0.4 is 5.56 Å². The van der Waals surface area contributed by atoms with Crippen LogP contribution in [0.4, 0.5) is 0 Å². The summed E-state index contributed by atoms with van der Waals surface area (Å²) < 4.78 is 7.35. The fourth-order valence-electron chi connectivity index (χ4n) is 5.33. The number of benzene rings is 2. The molecule has 0 fully saturated rings. The van der Waals surface area contributed by atoms with Crippen LogP contribution >= 0.6 is 0 Å². The molecule has 0 spiro atoms. The van der Waals surface area contributed by atoms with E-state index in [-0.39, 0.29) is 22.8 Å². The standard InChI is InChI=1S/C32H39N3O3/c1-7-28(34(21-25-11-10-18-38-25)29(36)19-23(3)20-32(4,5)6)30-33-27-13-9-8-12-26(27)31(37)35(30)24-16-14-22(2)15-17-24/h8-18,23,28H,7,19-21H2,1-6H3. The molecule has 200 valence electrons. The molecule has 2 aromatic heterocycles. The number of nitrogens with zero attached hydrogens (tertiary/aromatic N) is 3. The van der Waals surface area contributed by atoms with Crippen LogP contribution in [0.5, 0.6) is 0 Å². The highest BCUT2D eigenvalue weighted by Crippen LogP contribution is 2.31. The van der Waals surface area contributed by atoms with Crippen molar-refractivity contribution >= 4 is 16.8 Å². The Morgan fingerprint density at radius 3 is 2.39 bits per heavy atom. The minimum absolute atomic E-state index is 0.0304. The first-order valence-electron chi connectivity index (χ1n) is 13.5. The number of furan rings is 1. The van der Waals surface area contributed by atoms with E-state index in [4.69, 9.17) is 9.40 Å². The fourth-order valence-corrected chi connectivity index (χ4v) is 5.33. The second-order valence-electron chi connectivity index (χ2n) is 11.6. The van der Waals surface area contributed by atoms with Crippen molar-refractivity contribution in [2.75, 3.05) is 0 Å². The summed E-state index contributed by atoms with van der Waals surface area (Å²) in [5.41, 5.74) is 2.45. The predicted molar refractivity (Wildman–Crippen MR) is 152 cm³/mol. The van der Waals surface area contributed by atoms with Gasteiger partial charge in [-0.25, -0.2) is 4.98 Å². The zero-order valence-electron chi connectivity index (χ0n) is 23.4. The Bertz CT molecular complexity index is 1430. The number of para-hydroxylation sites is 1. The third-order valence-corrected chi connectivity index (χ3v) is 6.87. The van der Waals surface area contributed by atoms with Gasteiger partial charge in [-0.3, -0.25) is 14.2 Å². The summed E-state index contributed by atoms with van der Waals surface area (Å²) in [5, 5.41) is 0.550. The second kappa shape index (κ2) is 11.4. The summed E-state index contributed by atoms with van der Waals surface area (Å²) in [4.78, 5) is 34.7. The molecular weight excluding hydrogens is 474 g/mol. The number of hydrogen-bond donors (Lipinski definition) is 0. The van der Waals surface area contributed by atoms with E-state index >= 15 is 0 Å². The molecule has 0 saturated carbocycles. The number of carbonyl (C=O) groups is 1. The fraction of sp³-hybridized carbons (Fsp3) is 0.406. The lowest BCUT2D eigenvalue weighted by molar-refractivity contribution is -0.136. The Morgan fingerprint density at radius 2 is 1.76 bits per heavy atom. The summed E-state index contributed by atoms with van der Waals surface area (Å²) >= 11 is 0. The molecule has 2 unspecified atom stereocenters. The van der Waals surface area contributed by atoms with E-state index in [0.29, 0.717) is 41.9 Å². The number of fused-ring (bicyclic) bond motifs is 1. The third kappa shape index (κ3) is 6.24. The molecule has 0 radical (unpaired) electrons. The third-order valence-electron chi connectivity index (χ3n) is 6.87. The Kier molecular flexibility index (Phi) is 8.20. The molecule has 4 rings (SSSR count). The monoisotopic (exact) mass is 513 g/mol. The summed E-state index contributed by atoms with van der Waals surface area (Å²) in [6.45, 7) is 13.1. The minimum atomic E-state index is -0.423. The number of carbonyl (C=O) groups excluding carboxylic acids is 1. The van der Waals surface area contributed by atoms with E-state index in [9.17, 15) is 9.59 Å². The van der Waals surface area contributed by atoms with Gasteiger partial charge in [0.1, 0.15) is 11.6 Å². The summed E-state index contributed by atoms with van der Waals surface area (Å²) in [6.07, 6.45) is 3.57. The van der Waals surface area contributed by atoms with Crippen LogP contribution in [-0.4, -0.2) is 20.4 Å². The largest absolute Gasteiger partial charge is 0.467 e. The molecule has 4 aromatic rings. The number of hydrogen-bond acceptors (Lipinski definition) is 4. The number of aromatic nitrogens is 2. The zero-order chi connectivity index (χ0) is 27.4. The molecule has 2 aromatic carbocycles. The van der Waals surface area contributed by atoms with E-state index in [1.807, 2.05) is 73.3 Å². The maximum absolute atomic E-state index is 13.9. The highest BCUT2D eigenvalue weighted by molar-refractivity contribution is 5.79. The van der Waals surface area contributed by atoms with Gasteiger partial charge in [-0.15, -0.1) is 0 Å². The van der Waals surface area contributed by atoms with Crippen LogP contribution in [0.3, 0.4) is 0 Å². The maximum atomic E-state index is 13.9. The Morgan fingerprint density at radius 1 is 1.05 bits per heavy atom. The molecule has 0 N–H and O–H groups in total. The Hall–Kier alpha value is -3.67. The van der Waals surface area contributed by atoms with E-state index in [2.05, 4.69) is 27.7 Å². The Balaban J connectivity index is 1.85. The van der Waals surface area contributed by atoms with Crippen LogP contribution in [0.25, 0.3) is 16.6 Å². The van der Waals surface area contributed by atoms with Crippen LogP contribution in [0.15, 0.2) is 76.1 Å². The molecule has 38 heavy (non-hydrogen) atoms. The van der Waals surface area contributed by atoms with Gasteiger partial charge in [0.15, 0.2) is 0 Å². The average Bonchev–Trinajstić information content (AvgIpc) is 3.37. The van der Waals surface area contributed by atoms with Gasteiger partial charge in [0.2, 0.25) is 5.91 Å². The van der Waals surface area contributed by atoms with Gasteiger partial charge in [-0.1, -0.05) is 64.4 Å². The Labute approximate surface area is 225 Å². The van der Waals surface area contributed by atoms with Gasteiger partial charge in [0, 0.05) is 6.42 Å². The quantitative estimate of drug-likeness (QED) is 0.237. The zero-order valence-corrected chi connectivity index (χ0v) is 23.4. The first-order valence-corrected chi connectivity index (χ1v) is 13.5. The number of aryl methyl sites for hydroxylation is 1. The average molecular weight is 514 g/mol. The van der Waals surface area contributed by atoms with Crippen LogP contribution in [-0.2, 0) is 11.3 Å². The molecule has 0 aliphatic carbocycles. The highest BCUT2D eigenvalue weighted by Gasteiger charge is 2.31. The number of rotatable bonds is 9. The first kappa shape index (κ1) is 27.4. The lowest BCUT2D eigenvalue weighted by Crippen LogP contribution is -2.38. The van der Waals surface area contributed by atoms with Gasteiger partial charge in [-0.2, -0.15) is 0 Å². The predicted octanol–water partition coefficient (Wildman–Crippen LogP) is 7.23. The molecule has 0 aliphatic rings. The summed E-state index contributed by atoms with van der Waals surface area (Å²) in [7, 11) is 0. The second-order valence-corrected chi connectivity index (χ2v) is 11.6. The van der Waals surface area contributed by atoms with Crippen molar-refractivity contribution in [2.24, 2.45) is 11.3 Å². The minimum Gasteiger partial charge on any atom is -0.467 e. The SMILES string of the molecule is CCC(c1nc2ccccc2c(=O)n1-c1ccc(C)cc1)N(Cc1ccco1)C(=O)CC(C)CC(C)(C)C. The number of amides is 1. The highest BCUT2D eigenvalue weighted by atomic mass is 16.3. The van der Waals surface area contributed by atoms with E-state index in [1.54, 1.807) is 16.9 Å². The van der Waals surface area contributed by atoms with Crippen molar-refractivity contribution in [3.8, 4) is 5.69 Å². The van der Waals surface area contributed by atoms with E-state index in [0.717, 1.165) is 17.7 Å². The van der Waals surface area contributed by atoms with Gasteiger partial charge in [0.05, 0.1) is 35.4 Å². The molecular formula is C32H39N3O3. The molecule has 0 aliphatic heterocycles. The molecule has 2 atom stereocenters. The van der Waals surface area contributed by atoms with Crippen molar-refractivity contribution in [1.29, 1.82) is 0 Å². The molecule has 6 heteroatoms. The van der Waals surface area contributed by atoms with Crippen LogP contribution in [0.2, 0.25) is 0 Å². The van der Waals surface area contributed by atoms with Gasteiger partial charge in [-0.05, 0) is 67.5 Å². The lowest BCUT2D eigenvalue weighted by Gasteiger charge is -2.33.